The second-order valence-corrected chi connectivity index (χ2v) is 9.29. The van der Waals surface area contributed by atoms with Crippen LogP contribution in [0.15, 0.2) is 46.9 Å². The topological polar surface area (TPSA) is 81.7 Å². The zero-order valence-corrected chi connectivity index (χ0v) is 20.2. The first kappa shape index (κ1) is 26.4. The highest BCUT2D eigenvalue weighted by Crippen LogP contribution is 2.21. The molecule has 0 spiro atoms. The van der Waals surface area contributed by atoms with Crippen molar-refractivity contribution in [3.05, 3.63) is 69.7 Å². The van der Waals surface area contributed by atoms with Crippen LogP contribution >= 0.6 is 15.9 Å². The summed E-state index contributed by atoms with van der Waals surface area (Å²) < 4.78 is 38.9. The number of halogens is 3. The first-order valence-electron chi connectivity index (χ1n) is 10.3. The van der Waals surface area contributed by atoms with E-state index in [-0.39, 0.29) is 23.9 Å². The summed E-state index contributed by atoms with van der Waals surface area (Å²) in [6.07, 6.45) is -1.80. The number of hydrogen-bond acceptors (Lipinski definition) is 5. The molecule has 1 atom stereocenters. The lowest BCUT2D eigenvalue weighted by atomic mass is 9.99. The Kier molecular flexibility index (Phi) is 9.52. The van der Waals surface area contributed by atoms with Gasteiger partial charge >= 0.3 is 12.1 Å². The van der Waals surface area contributed by atoms with E-state index in [1.165, 1.54) is 0 Å². The number of carbonyl (C=O) groups excluding carboxylic acids is 3. The summed E-state index contributed by atoms with van der Waals surface area (Å²) in [7, 11) is 0. The van der Waals surface area contributed by atoms with Crippen LogP contribution in [-0.2, 0) is 32.1 Å². The van der Waals surface area contributed by atoms with Crippen molar-refractivity contribution in [1.82, 2.24) is 5.32 Å². The number of alkyl carbamates (subject to hydrolysis) is 1. The van der Waals surface area contributed by atoms with Crippen LogP contribution in [0.25, 0.3) is 0 Å². The molecule has 0 unspecified atom stereocenters. The SMILES string of the molecule is CC(C)(C)OC(=O)N[C@H](CCC(=O)OCc1ccccc1)C(=O)Cc1c(F)cc(Br)cc1F. The zero-order valence-electron chi connectivity index (χ0n) is 18.6. The molecule has 178 valence electrons. The number of nitrogens with one attached hydrogen (secondary N) is 1. The van der Waals surface area contributed by atoms with Gasteiger partial charge in [-0.2, -0.15) is 0 Å². The minimum Gasteiger partial charge on any atom is -0.461 e. The van der Waals surface area contributed by atoms with Crippen molar-refractivity contribution in [2.45, 2.75) is 58.3 Å². The summed E-state index contributed by atoms with van der Waals surface area (Å²) in [6.45, 7) is 5.01. The lowest BCUT2D eigenvalue weighted by Crippen LogP contribution is -2.44. The number of amides is 1. The second-order valence-electron chi connectivity index (χ2n) is 8.37. The molecule has 0 radical (unpaired) electrons. The maximum atomic E-state index is 14.2. The fraction of sp³-hybridized carbons (Fsp3) is 0.375. The molecule has 2 rings (SSSR count). The fourth-order valence-corrected chi connectivity index (χ4v) is 3.28. The number of benzene rings is 2. The van der Waals surface area contributed by atoms with Crippen molar-refractivity contribution in [3.63, 3.8) is 0 Å². The molecule has 2 aromatic carbocycles. The monoisotopic (exact) mass is 525 g/mol. The van der Waals surface area contributed by atoms with Gasteiger partial charge in [-0.05, 0) is 44.9 Å². The Labute approximate surface area is 199 Å². The van der Waals surface area contributed by atoms with Crippen molar-refractivity contribution < 1.29 is 32.6 Å². The van der Waals surface area contributed by atoms with Crippen LogP contribution in [-0.4, -0.2) is 29.5 Å². The lowest BCUT2D eigenvalue weighted by Gasteiger charge is -2.23. The Balaban J connectivity index is 2.06. The molecule has 0 heterocycles. The van der Waals surface area contributed by atoms with E-state index in [1.807, 2.05) is 18.2 Å². The van der Waals surface area contributed by atoms with Crippen molar-refractivity contribution in [2.75, 3.05) is 0 Å². The van der Waals surface area contributed by atoms with Gasteiger partial charge in [0.1, 0.15) is 23.8 Å². The van der Waals surface area contributed by atoms with Crippen LogP contribution in [0.2, 0.25) is 0 Å². The van der Waals surface area contributed by atoms with E-state index in [4.69, 9.17) is 9.47 Å². The van der Waals surface area contributed by atoms with Crippen molar-refractivity contribution >= 4 is 33.8 Å². The summed E-state index contributed by atoms with van der Waals surface area (Å²) in [5.41, 5.74) is -0.451. The smallest absolute Gasteiger partial charge is 0.408 e. The van der Waals surface area contributed by atoms with Crippen LogP contribution in [0.4, 0.5) is 13.6 Å². The quantitative estimate of drug-likeness (QED) is 0.451. The first-order valence-corrected chi connectivity index (χ1v) is 11.1. The number of rotatable bonds is 9. The molecule has 33 heavy (non-hydrogen) atoms. The van der Waals surface area contributed by atoms with Gasteiger partial charge in [0.15, 0.2) is 5.78 Å². The Bertz CT molecular complexity index is 969. The van der Waals surface area contributed by atoms with E-state index in [1.54, 1.807) is 32.9 Å². The fourth-order valence-electron chi connectivity index (χ4n) is 2.87. The van der Waals surface area contributed by atoms with E-state index >= 15 is 0 Å². The lowest BCUT2D eigenvalue weighted by molar-refractivity contribution is -0.145. The predicted molar refractivity (Wildman–Crippen MR) is 121 cm³/mol. The third-order valence-corrected chi connectivity index (χ3v) is 4.87. The molecule has 0 saturated carbocycles. The predicted octanol–water partition coefficient (Wildman–Crippen LogP) is 5.26. The molecule has 0 fully saturated rings. The van der Waals surface area contributed by atoms with Gasteiger partial charge in [-0.1, -0.05) is 46.3 Å². The Morgan fingerprint density at radius 1 is 1.06 bits per heavy atom. The molecule has 0 aliphatic carbocycles. The summed E-state index contributed by atoms with van der Waals surface area (Å²) in [4.78, 5) is 37.2. The van der Waals surface area contributed by atoms with E-state index in [0.717, 1.165) is 17.7 Å². The molecule has 0 aliphatic heterocycles. The third kappa shape index (κ3) is 9.29. The Hall–Kier alpha value is -2.81. The van der Waals surface area contributed by atoms with Crippen molar-refractivity contribution in [1.29, 1.82) is 0 Å². The van der Waals surface area contributed by atoms with Crippen LogP contribution < -0.4 is 5.32 Å². The molecule has 0 bridgehead atoms. The molecule has 0 aromatic heterocycles. The third-order valence-electron chi connectivity index (χ3n) is 4.42. The van der Waals surface area contributed by atoms with Crippen molar-refractivity contribution in [2.24, 2.45) is 0 Å². The van der Waals surface area contributed by atoms with Gasteiger partial charge in [-0.25, -0.2) is 13.6 Å². The van der Waals surface area contributed by atoms with Gasteiger partial charge in [0.05, 0.1) is 6.04 Å². The average molecular weight is 526 g/mol. The first-order chi connectivity index (χ1) is 15.4. The number of ether oxygens (including phenoxy) is 2. The van der Waals surface area contributed by atoms with Gasteiger partial charge in [0.25, 0.3) is 0 Å². The number of hydrogen-bond donors (Lipinski definition) is 1. The molecule has 1 amide bonds. The molecule has 0 aliphatic rings. The van der Waals surface area contributed by atoms with E-state index in [2.05, 4.69) is 21.2 Å². The van der Waals surface area contributed by atoms with Crippen molar-refractivity contribution in [3.8, 4) is 0 Å². The average Bonchev–Trinajstić information content (AvgIpc) is 2.71. The Morgan fingerprint density at radius 3 is 2.24 bits per heavy atom. The highest BCUT2D eigenvalue weighted by atomic mass is 79.9. The van der Waals surface area contributed by atoms with Gasteiger partial charge in [-0.3, -0.25) is 9.59 Å². The van der Waals surface area contributed by atoms with Crippen LogP contribution in [0, 0.1) is 11.6 Å². The largest absolute Gasteiger partial charge is 0.461 e. The molecule has 6 nitrogen and oxygen atoms in total. The van der Waals surface area contributed by atoms with Gasteiger partial charge in [0, 0.05) is 22.9 Å². The number of Topliss-reactive ketones (excluding diaryl/α,β-unsaturated/α-hetero) is 1. The maximum Gasteiger partial charge on any atom is 0.408 e. The maximum absolute atomic E-state index is 14.2. The summed E-state index contributed by atoms with van der Waals surface area (Å²) in [5.74, 6) is -3.04. The number of esters is 1. The zero-order chi connectivity index (χ0) is 24.6. The molecule has 2 aromatic rings. The molecule has 0 saturated heterocycles. The summed E-state index contributed by atoms with van der Waals surface area (Å²) >= 11 is 2.99. The van der Waals surface area contributed by atoms with Gasteiger partial charge in [-0.15, -0.1) is 0 Å². The molecule has 9 heteroatoms. The summed E-state index contributed by atoms with van der Waals surface area (Å²) in [6, 6.07) is 9.93. The number of carbonyl (C=O) groups is 3. The normalized spacial score (nSPS) is 12.1. The Morgan fingerprint density at radius 2 is 1.67 bits per heavy atom. The minimum absolute atomic E-state index is 0.0626. The van der Waals surface area contributed by atoms with Crippen LogP contribution in [0.3, 0.4) is 0 Å². The standard InChI is InChI=1S/C24H26BrF2NO5/c1-24(2,3)33-23(31)28-20(9-10-22(30)32-14-15-7-5-4-6-8-15)21(29)13-17-18(26)11-16(25)12-19(17)27/h4-8,11-12,20H,9-10,13-14H2,1-3H3,(H,28,31)/t20-/m1/s1. The highest BCUT2D eigenvalue weighted by Gasteiger charge is 2.27. The summed E-state index contributed by atoms with van der Waals surface area (Å²) in [5, 5.41) is 2.40. The number of ketones is 1. The minimum atomic E-state index is -1.20. The molecular formula is C24H26BrF2NO5. The van der Waals surface area contributed by atoms with E-state index in [9.17, 15) is 23.2 Å². The molecular weight excluding hydrogens is 500 g/mol. The second kappa shape index (κ2) is 11.9. The van der Waals surface area contributed by atoms with Gasteiger partial charge in [0.2, 0.25) is 0 Å². The van der Waals surface area contributed by atoms with Crippen LogP contribution in [0.5, 0.6) is 0 Å². The van der Waals surface area contributed by atoms with E-state index in [0.29, 0.717) is 0 Å². The highest BCUT2D eigenvalue weighted by molar-refractivity contribution is 9.10. The van der Waals surface area contributed by atoms with E-state index < -0.39 is 53.1 Å². The van der Waals surface area contributed by atoms with Gasteiger partial charge < -0.3 is 14.8 Å². The van der Waals surface area contributed by atoms with Crippen LogP contribution in [0.1, 0.15) is 44.7 Å². The molecule has 1 N–H and O–H groups in total.